The van der Waals surface area contributed by atoms with E-state index in [-0.39, 0.29) is 0 Å². The maximum atomic E-state index is 11.6. The van der Waals surface area contributed by atoms with Crippen LogP contribution in [0.15, 0.2) is 48.7 Å². The van der Waals surface area contributed by atoms with Crippen LogP contribution in [0.5, 0.6) is 0 Å². The standard InChI is InChI=1S/C22H27N5O/c1-26-11-9-17(10-12-26)14-24-13-16-5-7-19(8-6-16)27-15-18-3-2-4-20(22(23)28)21(18)25-27/h2-8,15,17,24H,9-14H2,1H3,(H2,23,28). The Kier molecular flexibility index (Phi) is 5.41. The maximum Gasteiger partial charge on any atom is 0.250 e. The van der Waals surface area contributed by atoms with Gasteiger partial charge in [0.1, 0.15) is 5.52 Å². The number of benzene rings is 2. The number of rotatable bonds is 6. The number of nitrogens with zero attached hydrogens (tertiary/aromatic N) is 3. The van der Waals surface area contributed by atoms with Gasteiger partial charge in [-0.05, 0) is 69.2 Å². The number of piperidine rings is 1. The van der Waals surface area contributed by atoms with Crippen molar-refractivity contribution in [1.29, 1.82) is 0 Å². The number of likely N-dealkylation sites (tertiary alicyclic amines) is 1. The zero-order chi connectivity index (χ0) is 19.5. The van der Waals surface area contributed by atoms with E-state index in [1.54, 1.807) is 10.7 Å². The third kappa shape index (κ3) is 4.08. The fraction of sp³-hybridized carbons (Fsp3) is 0.364. The summed E-state index contributed by atoms with van der Waals surface area (Å²) < 4.78 is 1.80. The second kappa shape index (κ2) is 8.12. The summed E-state index contributed by atoms with van der Waals surface area (Å²) in [5.74, 6) is 0.327. The summed E-state index contributed by atoms with van der Waals surface area (Å²) in [7, 11) is 2.20. The highest BCUT2D eigenvalue weighted by atomic mass is 16.1. The lowest BCUT2D eigenvalue weighted by molar-refractivity contribution is 0.100. The first-order valence-electron chi connectivity index (χ1n) is 9.87. The minimum Gasteiger partial charge on any atom is -0.366 e. The normalized spacial score (nSPS) is 15.9. The summed E-state index contributed by atoms with van der Waals surface area (Å²) in [5, 5.41) is 9.06. The van der Waals surface area contributed by atoms with Crippen LogP contribution >= 0.6 is 0 Å². The van der Waals surface area contributed by atoms with Gasteiger partial charge in [-0.2, -0.15) is 5.10 Å². The quantitative estimate of drug-likeness (QED) is 0.692. The number of hydrogen-bond donors (Lipinski definition) is 2. The van der Waals surface area contributed by atoms with Crippen LogP contribution in [0.2, 0.25) is 0 Å². The molecule has 146 valence electrons. The summed E-state index contributed by atoms with van der Waals surface area (Å²) in [6, 6.07) is 13.8. The summed E-state index contributed by atoms with van der Waals surface area (Å²) in [5.41, 5.74) is 8.76. The summed E-state index contributed by atoms with van der Waals surface area (Å²) in [6.07, 6.45) is 4.49. The van der Waals surface area contributed by atoms with Crippen molar-refractivity contribution >= 4 is 16.8 Å². The molecule has 1 aliphatic rings. The maximum absolute atomic E-state index is 11.6. The third-order valence-corrected chi connectivity index (χ3v) is 5.60. The average molecular weight is 377 g/mol. The third-order valence-electron chi connectivity index (χ3n) is 5.60. The molecule has 2 aromatic carbocycles. The first-order valence-corrected chi connectivity index (χ1v) is 9.87. The van der Waals surface area contributed by atoms with Gasteiger partial charge in [-0.15, -0.1) is 0 Å². The number of nitrogens with two attached hydrogens (primary N) is 1. The molecule has 6 heteroatoms. The number of carbonyl (C=O) groups excluding carboxylic acids is 1. The van der Waals surface area contributed by atoms with Crippen molar-refractivity contribution in [2.75, 3.05) is 26.7 Å². The Morgan fingerprint density at radius 3 is 2.64 bits per heavy atom. The van der Waals surface area contributed by atoms with Crippen molar-refractivity contribution in [3.05, 3.63) is 59.8 Å². The summed E-state index contributed by atoms with van der Waals surface area (Å²) in [4.78, 5) is 14.0. The van der Waals surface area contributed by atoms with Gasteiger partial charge in [0.05, 0.1) is 11.3 Å². The van der Waals surface area contributed by atoms with Crippen LogP contribution in [-0.4, -0.2) is 47.3 Å². The number of nitrogens with one attached hydrogen (secondary N) is 1. The highest BCUT2D eigenvalue weighted by molar-refractivity contribution is 6.04. The SMILES string of the molecule is CN1CCC(CNCc2ccc(-n3cc4cccc(C(N)=O)c4n3)cc2)CC1. The predicted octanol–water partition coefficient (Wildman–Crippen LogP) is 2.56. The minimum absolute atomic E-state index is 0.450. The van der Waals surface area contributed by atoms with Crippen molar-refractivity contribution < 1.29 is 4.79 Å². The van der Waals surface area contributed by atoms with Crippen molar-refractivity contribution in [3.8, 4) is 5.69 Å². The van der Waals surface area contributed by atoms with E-state index in [0.717, 1.165) is 30.1 Å². The van der Waals surface area contributed by atoms with Gasteiger partial charge in [-0.3, -0.25) is 4.79 Å². The van der Waals surface area contributed by atoms with Crippen LogP contribution in [0.4, 0.5) is 0 Å². The summed E-state index contributed by atoms with van der Waals surface area (Å²) >= 11 is 0. The van der Waals surface area contributed by atoms with Crippen LogP contribution in [0.25, 0.3) is 16.6 Å². The Hall–Kier alpha value is -2.70. The predicted molar refractivity (Wildman–Crippen MR) is 112 cm³/mol. The molecular formula is C22H27N5O. The van der Waals surface area contributed by atoms with Gasteiger partial charge in [0.25, 0.3) is 5.91 Å². The van der Waals surface area contributed by atoms with E-state index < -0.39 is 5.91 Å². The van der Waals surface area contributed by atoms with Crippen molar-refractivity contribution in [2.45, 2.75) is 19.4 Å². The Labute approximate surface area is 165 Å². The van der Waals surface area contributed by atoms with Gasteiger partial charge in [0.2, 0.25) is 0 Å². The number of amides is 1. The number of primary amides is 1. The molecule has 1 amide bonds. The molecule has 2 heterocycles. The zero-order valence-corrected chi connectivity index (χ0v) is 16.3. The number of carbonyl (C=O) groups is 1. The van der Waals surface area contributed by atoms with E-state index in [9.17, 15) is 4.79 Å². The lowest BCUT2D eigenvalue weighted by atomic mass is 9.97. The molecule has 0 atom stereocenters. The lowest BCUT2D eigenvalue weighted by Crippen LogP contribution is -2.34. The van der Waals surface area contributed by atoms with Crippen molar-refractivity contribution in [3.63, 3.8) is 0 Å². The van der Waals surface area contributed by atoms with Crippen molar-refractivity contribution in [1.82, 2.24) is 20.0 Å². The van der Waals surface area contributed by atoms with E-state index in [2.05, 4.69) is 46.6 Å². The molecule has 0 unspecified atom stereocenters. The van der Waals surface area contributed by atoms with Gasteiger partial charge < -0.3 is 16.0 Å². The highest BCUT2D eigenvalue weighted by Crippen LogP contribution is 2.20. The van der Waals surface area contributed by atoms with Crippen LogP contribution in [0, 0.1) is 5.92 Å². The second-order valence-corrected chi connectivity index (χ2v) is 7.73. The molecular weight excluding hydrogens is 350 g/mol. The van der Waals surface area contributed by atoms with Gasteiger partial charge in [-0.25, -0.2) is 4.68 Å². The Morgan fingerprint density at radius 1 is 1.18 bits per heavy atom. The van der Waals surface area contributed by atoms with E-state index in [1.165, 1.54) is 31.5 Å². The van der Waals surface area contributed by atoms with E-state index in [0.29, 0.717) is 11.1 Å². The molecule has 1 fully saturated rings. The van der Waals surface area contributed by atoms with Gasteiger partial charge in [0.15, 0.2) is 0 Å². The molecule has 0 aliphatic carbocycles. The topological polar surface area (TPSA) is 76.2 Å². The molecule has 28 heavy (non-hydrogen) atoms. The molecule has 1 saturated heterocycles. The second-order valence-electron chi connectivity index (χ2n) is 7.73. The zero-order valence-electron chi connectivity index (χ0n) is 16.3. The molecule has 1 aromatic heterocycles. The highest BCUT2D eigenvalue weighted by Gasteiger charge is 2.16. The van der Waals surface area contributed by atoms with E-state index in [1.807, 2.05) is 18.3 Å². The van der Waals surface area contributed by atoms with Gasteiger partial charge >= 0.3 is 0 Å². The molecule has 0 radical (unpaired) electrons. The van der Waals surface area contributed by atoms with Crippen molar-refractivity contribution in [2.24, 2.45) is 11.7 Å². The lowest BCUT2D eigenvalue weighted by Gasteiger charge is -2.29. The molecule has 4 rings (SSSR count). The monoisotopic (exact) mass is 377 g/mol. The van der Waals surface area contributed by atoms with Gasteiger partial charge in [-0.1, -0.05) is 24.3 Å². The molecule has 1 aliphatic heterocycles. The Balaban J connectivity index is 1.40. The first-order chi connectivity index (χ1) is 13.6. The fourth-order valence-corrected chi connectivity index (χ4v) is 3.83. The largest absolute Gasteiger partial charge is 0.366 e. The molecule has 0 saturated carbocycles. The molecule has 0 bridgehead atoms. The summed E-state index contributed by atoms with van der Waals surface area (Å²) in [6.45, 7) is 4.36. The Bertz CT molecular complexity index is 955. The molecule has 3 aromatic rings. The van der Waals surface area contributed by atoms with Crippen LogP contribution in [0.1, 0.15) is 28.8 Å². The fourth-order valence-electron chi connectivity index (χ4n) is 3.83. The Morgan fingerprint density at radius 2 is 1.93 bits per heavy atom. The van der Waals surface area contributed by atoms with E-state index in [4.69, 9.17) is 5.73 Å². The molecule has 6 nitrogen and oxygen atoms in total. The van der Waals surface area contributed by atoms with Crippen LogP contribution in [0.3, 0.4) is 0 Å². The average Bonchev–Trinajstić information content (AvgIpc) is 3.14. The molecule has 3 N–H and O–H groups in total. The smallest absolute Gasteiger partial charge is 0.250 e. The number of fused-ring (bicyclic) bond motifs is 1. The number of hydrogen-bond acceptors (Lipinski definition) is 4. The van der Waals surface area contributed by atoms with E-state index >= 15 is 0 Å². The number of aromatic nitrogens is 2. The van der Waals surface area contributed by atoms with Crippen LogP contribution < -0.4 is 11.1 Å². The molecule has 0 spiro atoms. The minimum atomic E-state index is -0.457. The van der Waals surface area contributed by atoms with Crippen LogP contribution in [-0.2, 0) is 6.54 Å². The first kappa shape index (κ1) is 18.7. The van der Waals surface area contributed by atoms with Gasteiger partial charge in [0, 0.05) is 18.1 Å².